The van der Waals surface area contributed by atoms with E-state index in [-0.39, 0.29) is 29.6 Å². The van der Waals surface area contributed by atoms with E-state index in [9.17, 15) is 13.2 Å². The predicted molar refractivity (Wildman–Crippen MR) is 104 cm³/mol. The van der Waals surface area contributed by atoms with Crippen LogP contribution in [0.5, 0.6) is 0 Å². The monoisotopic (exact) mass is 388 g/mol. The van der Waals surface area contributed by atoms with Crippen LogP contribution >= 0.6 is 11.8 Å². The predicted octanol–water partition coefficient (Wildman–Crippen LogP) is 3.02. The van der Waals surface area contributed by atoms with Crippen molar-refractivity contribution in [2.24, 2.45) is 0 Å². The second-order valence-electron chi connectivity index (χ2n) is 6.68. The van der Waals surface area contributed by atoms with E-state index in [1.54, 1.807) is 21.6 Å². The molecule has 2 unspecified atom stereocenters. The Kier molecular flexibility index (Phi) is 4.44. The first-order valence-corrected chi connectivity index (χ1v) is 11.5. The number of amides is 2. The highest BCUT2D eigenvalue weighted by atomic mass is 32.2. The van der Waals surface area contributed by atoms with E-state index in [0.29, 0.717) is 6.54 Å². The molecule has 0 radical (unpaired) electrons. The molecule has 0 aliphatic carbocycles. The van der Waals surface area contributed by atoms with E-state index in [1.165, 1.54) is 0 Å². The third kappa shape index (κ3) is 3.10. The minimum Gasteiger partial charge on any atom is -0.314 e. The molecule has 0 N–H and O–H groups in total. The van der Waals surface area contributed by atoms with Gasteiger partial charge in [-0.3, -0.25) is 4.90 Å². The maximum absolute atomic E-state index is 13.2. The van der Waals surface area contributed by atoms with E-state index in [0.717, 1.165) is 16.1 Å². The molecule has 0 spiro atoms. The van der Waals surface area contributed by atoms with Crippen LogP contribution in [0.3, 0.4) is 0 Å². The van der Waals surface area contributed by atoms with Crippen molar-refractivity contribution in [1.29, 1.82) is 0 Å². The lowest BCUT2D eigenvalue weighted by atomic mass is 10.1. The molecule has 5 nitrogen and oxygen atoms in total. The van der Waals surface area contributed by atoms with E-state index < -0.39 is 9.84 Å². The number of carbonyl (C=O) groups is 1. The second-order valence-corrected chi connectivity index (χ2v) is 9.71. The summed E-state index contributed by atoms with van der Waals surface area (Å²) in [5, 5.41) is 0. The Morgan fingerprint density at radius 3 is 2.50 bits per heavy atom. The Morgan fingerprint density at radius 2 is 1.77 bits per heavy atom. The molecule has 2 atom stereocenters. The van der Waals surface area contributed by atoms with E-state index >= 15 is 0 Å². The molecular formula is C19H20N2O3S2. The number of hydrogen-bond acceptors (Lipinski definition) is 4. The first-order valence-electron chi connectivity index (χ1n) is 8.47. The van der Waals surface area contributed by atoms with Crippen LogP contribution < -0.4 is 4.90 Å². The van der Waals surface area contributed by atoms with Crippen molar-refractivity contribution in [2.75, 3.05) is 22.7 Å². The van der Waals surface area contributed by atoms with Crippen LogP contribution in [0.25, 0.3) is 0 Å². The van der Waals surface area contributed by atoms with Crippen molar-refractivity contribution >= 4 is 33.3 Å². The van der Waals surface area contributed by atoms with Gasteiger partial charge in [0.05, 0.1) is 23.6 Å². The SMILES string of the molecule is CSc1cccc(N2C(=O)N(Cc3ccccc3)C3CS(=O)(=O)CC32)c1. The molecule has 2 amide bonds. The van der Waals surface area contributed by atoms with Crippen molar-refractivity contribution in [3.63, 3.8) is 0 Å². The zero-order valence-electron chi connectivity index (χ0n) is 14.4. The average molecular weight is 389 g/mol. The first-order chi connectivity index (χ1) is 12.5. The van der Waals surface area contributed by atoms with Gasteiger partial charge in [-0.25, -0.2) is 13.2 Å². The maximum Gasteiger partial charge on any atom is 0.325 e. The molecule has 4 rings (SSSR count). The highest BCUT2D eigenvalue weighted by Crippen LogP contribution is 2.36. The topological polar surface area (TPSA) is 57.7 Å². The Labute approximate surface area is 157 Å². The molecule has 2 aromatic rings. The molecule has 2 saturated heterocycles. The lowest BCUT2D eigenvalue weighted by molar-refractivity contribution is 0.206. The number of thioether (sulfide) groups is 1. The van der Waals surface area contributed by atoms with Crippen LogP contribution in [-0.2, 0) is 16.4 Å². The summed E-state index contributed by atoms with van der Waals surface area (Å²) in [6.45, 7) is 0.426. The number of hydrogen-bond donors (Lipinski definition) is 0. The number of urea groups is 1. The number of sulfone groups is 1. The quantitative estimate of drug-likeness (QED) is 0.597. The third-order valence-electron chi connectivity index (χ3n) is 5.00. The molecule has 0 aromatic heterocycles. The fraction of sp³-hybridized carbons (Fsp3) is 0.316. The minimum atomic E-state index is -3.15. The molecule has 2 heterocycles. The number of rotatable bonds is 4. The summed E-state index contributed by atoms with van der Waals surface area (Å²) in [7, 11) is -3.15. The molecule has 0 saturated carbocycles. The van der Waals surface area contributed by atoms with Crippen molar-refractivity contribution in [3.05, 3.63) is 60.2 Å². The van der Waals surface area contributed by atoms with Crippen LogP contribution in [0.2, 0.25) is 0 Å². The Morgan fingerprint density at radius 1 is 1.04 bits per heavy atom. The number of benzene rings is 2. The average Bonchev–Trinajstić information content (AvgIpc) is 3.06. The molecule has 2 aliphatic heterocycles. The fourth-order valence-electron chi connectivity index (χ4n) is 3.80. The molecule has 26 heavy (non-hydrogen) atoms. The van der Waals surface area contributed by atoms with Crippen LogP contribution in [0.15, 0.2) is 59.5 Å². The van der Waals surface area contributed by atoms with Crippen molar-refractivity contribution < 1.29 is 13.2 Å². The van der Waals surface area contributed by atoms with Gasteiger partial charge in [0, 0.05) is 17.1 Å². The van der Waals surface area contributed by atoms with Crippen LogP contribution in [0.1, 0.15) is 5.56 Å². The summed E-state index contributed by atoms with van der Waals surface area (Å²) >= 11 is 1.60. The largest absolute Gasteiger partial charge is 0.325 e. The second kappa shape index (κ2) is 6.63. The Bertz CT molecular complexity index is 931. The van der Waals surface area contributed by atoms with Crippen LogP contribution in [-0.4, -0.2) is 49.2 Å². The third-order valence-corrected chi connectivity index (χ3v) is 7.43. The van der Waals surface area contributed by atoms with Gasteiger partial charge in [0.1, 0.15) is 0 Å². The molecule has 2 fully saturated rings. The molecule has 7 heteroatoms. The van der Waals surface area contributed by atoms with Crippen molar-refractivity contribution in [3.8, 4) is 0 Å². The molecule has 0 bridgehead atoms. The molecule has 2 aliphatic rings. The standard InChI is InChI=1S/C19H20N2O3S2/c1-25-16-9-5-8-15(10-16)21-18-13-26(23,24)12-17(18)20(19(21)22)11-14-6-3-2-4-7-14/h2-10,17-18H,11-13H2,1H3. The number of nitrogens with zero attached hydrogens (tertiary/aromatic N) is 2. The van der Waals surface area contributed by atoms with Gasteiger partial charge in [-0.05, 0) is 30.0 Å². The molecule has 2 aromatic carbocycles. The van der Waals surface area contributed by atoms with E-state index in [1.807, 2.05) is 60.9 Å². The van der Waals surface area contributed by atoms with Gasteiger partial charge in [-0.2, -0.15) is 0 Å². The lowest BCUT2D eigenvalue weighted by Crippen LogP contribution is -2.37. The summed E-state index contributed by atoms with van der Waals surface area (Å²) in [6, 6.07) is 16.7. The zero-order chi connectivity index (χ0) is 18.3. The zero-order valence-corrected chi connectivity index (χ0v) is 16.0. The minimum absolute atomic E-state index is 0.0260. The van der Waals surface area contributed by atoms with E-state index in [4.69, 9.17) is 0 Å². The van der Waals surface area contributed by atoms with Crippen LogP contribution in [0, 0.1) is 0 Å². The van der Waals surface area contributed by atoms with Crippen molar-refractivity contribution in [2.45, 2.75) is 23.5 Å². The Balaban J connectivity index is 1.71. The van der Waals surface area contributed by atoms with Gasteiger partial charge in [0.2, 0.25) is 0 Å². The maximum atomic E-state index is 13.2. The summed E-state index contributed by atoms with van der Waals surface area (Å²) in [4.78, 5) is 17.6. The van der Waals surface area contributed by atoms with E-state index in [2.05, 4.69) is 0 Å². The van der Waals surface area contributed by atoms with Crippen LogP contribution in [0.4, 0.5) is 10.5 Å². The molecular weight excluding hydrogens is 368 g/mol. The summed E-state index contributed by atoms with van der Waals surface area (Å²) < 4.78 is 24.6. The Hall–Kier alpha value is -1.99. The smallest absolute Gasteiger partial charge is 0.314 e. The molecule has 136 valence electrons. The fourth-order valence-corrected chi connectivity index (χ4v) is 6.21. The lowest BCUT2D eigenvalue weighted by Gasteiger charge is -2.23. The highest BCUT2D eigenvalue weighted by molar-refractivity contribution is 7.98. The van der Waals surface area contributed by atoms with Gasteiger partial charge >= 0.3 is 6.03 Å². The normalized spacial score (nSPS) is 24.1. The van der Waals surface area contributed by atoms with Gasteiger partial charge in [-0.15, -0.1) is 11.8 Å². The summed E-state index contributed by atoms with van der Waals surface area (Å²) in [5.41, 5.74) is 1.77. The van der Waals surface area contributed by atoms with Gasteiger partial charge < -0.3 is 4.90 Å². The number of fused-ring (bicyclic) bond motifs is 1. The number of anilines is 1. The summed E-state index contributed by atoms with van der Waals surface area (Å²) in [5.74, 6) is 0.0626. The van der Waals surface area contributed by atoms with Crippen molar-refractivity contribution in [1.82, 2.24) is 4.90 Å². The number of carbonyl (C=O) groups excluding carboxylic acids is 1. The summed E-state index contributed by atoms with van der Waals surface area (Å²) in [6.07, 6.45) is 1.98. The van der Waals surface area contributed by atoms with Gasteiger partial charge in [-0.1, -0.05) is 36.4 Å². The van der Waals surface area contributed by atoms with Gasteiger partial charge in [0.15, 0.2) is 9.84 Å². The highest BCUT2D eigenvalue weighted by Gasteiger charge is 2.53. The first kappa shape index (κ1) is 17.4. The van der Waals surface area contributed by atoms with Gasteiger partial charge in [0.25, 0.3) is 0 Å².